The molecule has 0 bridgehead atoms. The van der Waals surface area contributed by atoms with Crippen molar-refractivity contribution in [2.24, 2.45) is 0 Å². The van der Waals surface area contributed by atoms with Crippen LogP contribution in [0.4, 0.5) is 5.69 Å². The van der Waals surface area contributed by atoms with E-state index in [4.69, 9.17) is 0 Å². The number of aryl methyl sites for hydroxylation is 1. The predicted octanol–water partition coefficient (Wildman–Crippen LogP) is 2.55. The van der Waals surface area contributed by atoms with Crippen molar-refractivity contribution in [2.75, 3.05) is 11.9 Å². The highest BCUT2D eigenvalue weighted by atomic mass is 16.2. The number of H-pyrrole nitrogens is 1. The van der Waals surface area contributed by atoms with Crippen LogP contribution in [-0.2, 0) is 13.0 Å². The lowest BCUT2D eigenvalue weighted by Crippen LogP contribution is -2.31. The Hall–Kier alpha value is -3.08. The summed E-state index contributed by atoms with van der Waals surface area (Å²) in [4.78, 5) is 26.4. The molecule has 1 heterocycles. The fourth-order valence-corrected chi connectivity index (χ4v) is 2.63. The van der Waals surface area contributed by atoms with Crippen molar-refractivity contribution in [3.8, 4) is 0 Å². The van der Waals surface area contributed by atoms with E-state index in [1.807, 2.05) is 61.5 Å². The molecule has 3 aromatic rings. The molecule has 0 aliphatic heterocycles. The third-order valence-corrected chi connectivity index (χ3v) is 4.06. The third-order valence-electron chi connectivity index (χ3n) is 4.06. The summed E-state index contributed by atoms with van der Waals surface area (Å²) in [5, 5.41) is 3.12. The highest BCUT2D eigenvalue weighted by molar-refractivity contribution is 5.38. The normalized spacial score (nSPS) is 10.6. The van der Waals surface area contributed by atoms with Gasteiger partial charge in [-0.1, -0.05) is 60.2 Å². The van der Waals surface area contributed by atoms with Gasteiger partial charge in [0.25, 0.3) is 5.56 Å². The predicted molar refractivity (Wildman–Crippen MR) is 100 cm³/mol. The van der Waals surface area contributed by atoms with Crippen molar-refractivity contribution in [3.05, 3.63) is 98.3 Å². The van der Waals surface area contributed by atoms with Crippen molar-refractivity contribution in [2.45, 2.75) is 19.9 Å². The van der Waals surface area contributed by atoms with E-state index < -0.39 is 11.2 Å². The van der Waals surface area contributed by atoms with Crippen molar-refractivity contribution in [3.63, 3.8) is 0 Å². The van der Waals surface area contributed by atoms with Gasteiger partial charge in [0, 0.05) is 12.7 Å². The number of rotatable bonds is 6. The van der Waals surface area contributed by atoms with Gasteiger partial charge in [-0.15, -0.1) is 0 Å². The minimum absolute atomic E-state index is 0.391. The maximum Gasteiger partial charge on any atom is 0.328 e. The Morgan fingerprint density at radius 3 is 2.40 bits per heavy atom. The van der Waals surface area contributed by atoms with Crippen LogP contribution in [0.1, 0.15) is 16.7 Å². The molecule has 0 unspecified atom stereocenters. The van der Waals surface area contributed by atoms with Crippen molar-refractivity contribution < 1.29 is 0 Å². The second-order valence-electron chi connectivity index (χ2n) is 6.08. The quantitative estimate of drug-likeness (QED) is 0.727. The maximum atomic E-state index is 12.0. The Bertz CT molecular complexity index is 941. The Morgan fingerprint density at radius 2 is 1.68 bits per heavy atom. The smallest absolute Gasteiger partial charge is 0.328 e. The summed E-state index contributed by atoms with van der Waals surface area (Å²) in [6, 6.07) is 18.0. The summed E-state index contributed by atoms with van der Waals surface area (Å²) in [7, 11) is 0. The number of aromatic nitrogens is 2. The van der Waals surface area contributed by atoms with E-state index in [-0.39, 0.29) is 0 Å². The van der Waals surface area contributed by atoms with Crippen LogP contribution in [0.5, 0.6) is 0 Å². The number of hydrogen-bond acceptors (Lipinski definition) is 3. The molecule has 1 aromatic heterocycles. The topological polar surface area (TPSA) is 66.9 Å². The van der Waals surface area contributed by atoms with Gasteiger partial charge in [-0.05, 0) is 24.5 Å². The van der Waals surface area contributed by atoms with Gasteiger partial charge in [0.05, 0.1) is 6.54 Å². The molecule has 0 radical (unpaired) electrons. The average molecular weight is 335 g/mol. The second-order valence-corrected chi connectivity index (χ2v) is 6.08. The third kappa shape index (κ3) is 4.47. The minimum Gasteiger partial charge on any atom is -0.379 e. The highest BCUT2D eigenvalue weighted by Gasteiger charge is 2.05. The standard InChI is InChI=1S/C20H21N3O2/c1-15-7-9-17(10-8-15)13-23-14-18(19(24)22-20(23)25)21-12-11-16-5-3-2-4-6-16/h2-10,14,21H,11-13H2,1H3,(H,22,24,25). The monoisotopic (exact) mass is 335 g/mol. The molecular formula is C20H21N3O2. The zero-order chi connectivity index (χ0) is 17.6. The highest BCUT2D eigenvalue weighted by Crippen LogP contribution is 2.06. The first kappa shape index (κ1) is 16.8. The molecule has 0 saturated carbocycles. The summed E-state index contributed by atoms with van der Waals surface area (Å²) in [5.74, 6) is 0. The Morgan fingerprint density at radius 1 is 0.960 bits per heavy atom. The molecule has 0 saturated heterocycles. The number of nitrogens with zero attached hydrogens (tertiary/aromatic N) is 1. The van der Waals surface area contributed by atoms with Crippen LogP contribution in [0.3, 0.4) is 0 Å². The lowest BCUT2D eigenvalue weighted by molar-refractivity contribution is 0.721. The van der Waals surface area contributed by atoms with E-state index in [0.29, 0.717) is 18.8 Å². The number of nitrogens with one attached hydrogen (secondary N) is 2. The Balaban J connectivity index is 1.72. The van der Waals surface area contributed by atoms with Crippen LogP contribution in [0, 0.1) is 6.92 Å². The molecule has 25 heavy (non-hydrogen) atoms. The molecule has 3 rings (SSSR count). The van der Waals surface area contributed by atoms with E-state index >= 15 is 0 Å². The first-order valence-corrected chi connectivity index (χ1v) is 8.29. The van der Waals surface area contributed by atoms with E-state index in [1.165, 1.54) is 15.7 Å². The van der Waals surface area contributed by atoms with Gasteiger partial charge in [0.15, 0.2) is 0 Å². The molecule has 5 nitrogen and oxygen atoms in total. The van der Waals surface area contributed by atoms with Crippen LogP contribution >= 0.6 is 0 Å². The van der Waals surface area contributed by atoms with Crippen molar-refractivity contribution in [1.82, 2.24) is 9.55 Å². The summed E-state index contributed by atoms with van der Waals surface area (Å²) in [5.41, 5.74) is 2.98. The van der Waals surface area contributed by atoms with Crippen LogP contribution in [0.25, 0.3) is 0 Å². The summed E-state index contributed by atoms with van der Waals surface area (Å²) in [6.07, 6.45) is 2.39. The van der Waals surface area contributed by atoms with E-state index in [2.05, 4.69) is 10.3 Å². The molecule has 0 aliphatic carbocycles. The fourth-order valence-electron chi connectivity index (χ4n) is 2.63. The molecule has 0 fully saturated rings. The molecule has 128 valence electrons. The summed E-state index contributed by atoms with van der Waals surface area (Å²) < 4.78 is 1.51. The Labute approximate surface area is 146 Å². The van der Waals surface area contributed by atoms with Crippen LogP contribution in [0.2, 0.25) is 0 Å². The molecule has 5 heteroatoms. The van der Waals surface area contributed by atoms with Gasteiger partial charge < -0.3 is 5.32 Å². The van der Waals surface area contributed by atoms with Gasteiger partial charge in [-0.2, -0.15) is 0 Å². The first-order valence-electron chi connectivity index (χ1n) is 8.29. The number of hydrogen-bond donors (Lipinski definition) is 2. The largest absolute Gasteiger partial charge is 0.379 e. The Kier molecular flexibility index (Phi) is 5.14. The molecule has 0 aliphatic rings. The van der Waals surface area contributed by atoms with Gasteiger partial charge in [-0.25, -0.2) is 4.79 Å². The average Bonchev–Trinajstić information content (AvgIpc) is 2.61. The fraction of sp³-hybridized carbons (Fsp3) is 0.200. The van der Waals surface area contributed by atoms with Crippen molar-refractivity contribution >= 4 is 5.69 Å². The summed E-state index contributed by atoms with van der Waals surface area (Å²) >= 11 is 0. The number of benzene rings is 2. The first-order chi connectivity index (χ1) is 12.1. The zero-order valence-corrected chi connectivity index (χ0v) is 14.2. The maximum absolute atomic E-state index is 12.0. The molecular weight excluding hydrogens is 314 g/mol. The van der Waals surface area contributed by atoms with Gasteiger partial charge in [0.1, 0.15) is 5.69 Å². The molecule has 2 N–H and O–H groups in total. The minimum atomic E-state index is -0.404. The molecule has 0 amide bonds. The van der Waals surface area contributed by atoms with Crippen LogP contribution in [0.15, 0.2) is 70.4 Å². The van der Waals surface area contributed by atoms with E-state index in [0.717, 1.165) is 12.0 Å². The van der Waals surface area contributed by atoms with E-state index in [9.17, 15) is 9.59 Å². The number of aromatic amines is 1. The van der Waals surface area contributed by atoms with Gasteiger partial charge in [-0.3, -0.25) is 14.3 Å². The number of anilines is 1. The van der Waals surface area contributed by atoms with Crippen LogP contribution < -0.4 is 16.6 Å². The van der Waals surface area contributed by atoms with Gasteiger partial charge >= 0.3 is 5.69 Å². The zero-order valence-electron chi connectivity index (χ0n) is 14.2. The second kappa shape index (κ2) is 7.66. The SMILES string of the molecule is Cc1ccc(Cn2cc(NCCc3ccccc3)c(=O)[nH]c2=O)cc1. The van der Waals surface area contributed by atoms with Gasteiger partial charge in [0.2, 0.25) is 0 Å². The molecule has 0 atom stereocenters. The lowest BCUT2D eigenvalue weighted by Gasteiger charge is -2.10. The van der Waals surface area contributed by atoms with Crippen molar-refractivity contribution in [1.29, 1.82) is 0 Å². The summed E-state index contributed by atoms with van der Waals surface area (Å²) in [6.45, 7) is 3.06. The van der Waals surface area contributed by atoms with Crippen LogP contribution in [-0.4, -0.2) is 16.1 Å². The molecule has 2 aromatic carbocycles. The van der Waals surface area contributed by atoms with E-state index in [1.54, 1.807) is 6.20 Å². The molecule has 0 spiro atoms. The lowest BCUT2D eigenvalue weighted by atomic mass is 10.1.